The molecule has 0 saturated heterocycles. The van der Waals surface area contributed by atoms with Crippen LogP contribution in [0.1, 0.15) is 355 Å². The maximum atomic E-state index is 12.9. The fraction of sp³-hybridized carbons (Fsp3) is 0.866. The second kappa shape index (κ2) is 62.2. The van der Waals surface area contributed by atoms with E-state index >= 15 is 0 Å². The molecule has 0 amide bonds. The molecule has 0 rings (SSSR count). The van der Waals surface area contributed by atoms with E-state index in [1.165, 1.54) is 238 Å². The van der Waals surface area contributed by atoms with Crippen molar-refractivity contribution in [1.29, 1.82) is 0 Å². The first-order chi connectivity index (χ1) is 36.0. The number of carbonyl (C=O) groups excluding carboxylic acids is 3. The molecular formula is C67H124O6. The average molecular weight is 1030 g/mol. The fourth-order valence-corrected chi connectivity index (χ4v) is 9.75. The third-order valence-electron chi connectivity index (χ3n) is 14.6. The maximum Gasteiger partial charge on any atom is 0.306 e. The van der Waals surface area contributed by atoms with Gasteiger partial charge in [0, 0.05) is 19.3 Å². The van der Waals surface area contributed by atoms with Gasteiger partial charge in [0.2, 0.25) is 0 Å². The van der Waals surface area contributed by atoms with E-state index in [9.17, 15) is 14.4 Å². The van der Waals surface area contributed by atoms with Crippen LogP contribution in [0.15, 0.2) is 36.5 Å². The van der Waals surface area contributed by atoms with E-state index in [0.717, 1.165) is 77.0 Å². The average Bonchev–Trinajstić information content (AvgIpc) is 3.39. The van der Waals surface area contributed by atoms with Gasteiger partial charge in [-0.15, -0.1) is 0 Å². The smallest absolute Gasteiger partial charge is 0.306 e. The first-order valence-electron chi connectivity index (χ1n) is 32.5. The highest BCUT2D eigenvalue weighted by Crippen LogP contribution is 2.18. The van der Waals surface area contributed by atoms with Crippen LogP contribution in [0.5, 0.6) is 0 Å². The summed E-state index contributed by atoms with van der Waals surface area (Å²) in [4.78, 5) is 38.3. The molecule has 6 heteroatoms. The van der Waals surface area contributed by atoms with Crippen LogP contribution in [0.4, 0.5) is 0 Å². The second-order valence-electron chi connectivity index (χ2n) is 22.0. The minimum absolute atomic E-state index is 0.0687. The summed E-state index contributed by atoms with van der Waals surface area (Å²) in [6.07, 6.45) is 75.7. The van der Waals surface area contributed by atoms with Gasteiger partial charge in [-0.1, -0.05) is 314 Å². The minimum atomic E-state index is -0.772. The molecule has 0 aromatic rings. The van der Waals surface area contributed by atoms with Crippen molar-refractivity contribution >= 4 is 17.9 Å². The molecule has 428 valence electrons. The summed E-state index contributed by atoms with van der Waals surface area (Å²) in [5, 5.41) is 0. The SMILES string of the molecule is CCCCCCC/C=C\C/C=C\C/C=C\CCCCCCCCCCC(=O)OCC(COC(=O)CCCCCCCCCCCCCCCCCC)OC(=O)CCCCCCCCCCCCCCCCCC. The highest BCUT2D eigenvalue weighted by atomic mass is 16.6. The Bertz CT molecular complexity index is 1220. The lowest BCUT2D eigenvalue weighted by atomic mass is 10.0. The van der Waals surface area contributed by atoms with E-state index in [1.54, 1.807) is 0 Å². The Balaban J connectivity index is 4.31. The van der Waals surface area contributed by atoms with Gasteiger partial charge in [0.1, 0.15) is 13.2 Å². The molecular weight excluding hydrogens is 901 g/mol. The van der Waals surface area contributed by atoms with E-state index in [0.29, 0.717) is 19.3 Å². The van der Waals surface area contributed by atoms with Crippen molar-refractivity contribution in [3.63, 3.8) is 0 Å². The van der Waals surface area contributed by atoms with Crippen LogP contribution < -0.4 is 0 Å². The van der Waals surface area contributed by atoms with E-state index in [1.807, 2.05) is 0 Å². The van der Waals surface area contributed by atoms with E-state index in [4.69, 9.17) is 14.2 Å². The van der Waals surface area contributed by atoms with Gasteiger partial charge in [0.25, 0.3) is 0 Å². The number of esters is 3. The van der Waals surface area contributed by atoms with Crippen LogP contribution in [0.25, 0.3) is 0 Å². The van der Waals surface area contributed by atoms with E-state index in [2.05, 4.69) is 57.2 Å². The standard InChI is InChI=1S/C67H124O6/c1-4-7-10-13-16-19-22-25-28-31-32-33-34-35-36-37-40-42-45-48-51-54-57-60-66(69)72-63-64(73-67(70)61-58-55-52-49-46-43-39-30-27-24-21-18-15-12-9-6-3)62-71-65(68)59-56-53-50-47-44-41-38-29-26-23-20-17-14-11-8-5-2/h22,25,31-32,34-35,64H,4-21,23-24,26-30,33,36-63H2,1-3H3/b25-22-,32-31-,35-34-. The van der Waals surface area contributed by atoms with Gasteiger partial charge in [-0.25, -0.2) is 0 Å². The van der Waals surface area contributed by atoms with Crippen LogP contribution in [-0.2, 0) is 28.6 Å². The molecule has 0 spiro atoms. The molecule has 0 aromatic carbocycles. The summed E-state index contributed by atoms with van der Waals surface area (Å²) < 4.78 is 17.0. The van der Waals surface area contributed by atoms with Crippen LogP contribution in [-0.4, -0.2) is 37.2 Å². The van der Waals surface area contributed by atoms with Gasteiger partial charge in [-0.2, -0.15) is 0 Å². The van der Waals surface area contributed by atoms with Gasteiger partial charge < -0.3 is 14.2 Å². The van der Waals surface area contributed by atoms with Crippen LogP contribution >= 0.6 is 0 Å². The predicted octanol–water partition coefficient (Wildman–Crippen LogP) is 22.0. The Kier molecular flexibility index (Phi) is 60.2. The summed E-state index contributed by atoms with van der Waals surface area (Å²) in [6.45, 7) is 6.69. The molecule has 73 heavy (non-hydrogen) atoms. The highest BCUT2D eigenvalue weighted by Gasteiger charge is 2.19. The maximum absolute atomic E-state index is 12.9. The van der Waals surface area contributed by atoms with Gasteiger partial charge in [-0.3, -0.25) is 14.4 Å². The van der Waals surface area contributed by atoms with Crippen molar-refractivity contribution in [2.45, 2.75) is 361 Å². The Labute approximate surface area is 455 Å². The van der Waals surface area contributed by atoms with Crippen LogP contribution in [0, 0.1) is 0 Å². The van der Waals surface area contributed by atoms with Crippen molar-refractivity contribution in [1.82, 2.24) is 0 Å². The van der Waals surface area contributed by atoms with Gasteiger partial charge in [-0.05, 0) is 57.8 Å². The molecule has 0 fully saturated rings. The Morgan fingerprint density at radius 1 is 0.274 bits per heavy atom. The van der Waals surface area contributed by atoms with Crippen molar-refractivity contribution in [3.05, 3.63) is 36.5 Å². The third kappa shape index (κ3) is 60.4. The summed E-state index contributed by atoms with van der Waals surface area (Å²) in [7, 11) is 0. The molecule has 1 unspecified atom stereocenters. The number of allylic oxidation sites excluding steroid dienone is 6. The summed E-state index contributed by atoms with van der Waals surface area (Å²) in [5.74, 6) is -0.850. The van der Waals surface area contributed by atoms with Crippen molar-refractivity contribution in [2.75, 3.05) is 13.2 Å². The molecule has 0 heterocycles. The molecule has 0 aliphatic carbocycles. The quantitative estimate of drug-likeness (QED) is 0.0261. The third-order valence-corrected chi connectivity index (χ3v) is 14.6. The van der Waals surface area contributed by atoms with Crippen molar-refractivity contribution < 1.29 is 28.6 Å². The molecule has 0 radical (unpaired) electrons. The van der Waals surface area contributed by atoms with Gasteiger partial charge >= 0.3 is 17.9 Å². The zero-order chi connectivity index (χ0) is 52.9. The molecule has 0 saturated carbocycles. The lowest BCUT2D eigenvalue weighted by molar-refractivity contribution is -0.167. The molecule has 1 atom stereocenters. The summed E-state index contributed by atoms with van der Waals surface area (Å²) in [5.41, 5.74) is 0. The number of rotatable bonds is 60. The summed E-state index contributed by atoms with van der Waals surface area (Å²) >= 11 is 0. The monoisotopic (exact) mass is 1020 g/mol. The number of carbonyl (C=O) groups is 3. The molecule has 0 aliphatic rings. The van der Waals surface area contributed by atoms with Gasteiger partial charge in [0.05, 0.1) is 0 Å². The fourth-order valence-electron chi connectivity index (χ4n) is 9.75. The number of hydrogen-bond donors (Lipinski definition) is 0. The Morgan fingerprint density at radius 2 is 0.493 bits per heavy atom. The zero-order valence-corrected chi connectivity index (χ0v) is 49.2. The van der Waals surface area contributed by atoms with Crippen molar-refractivity contribution in [3.8, 4) is 0 Å². The second-order valence-corrected chi connectivity index (χ2v) is 22.0. The molecule has 6 nitrogen and oxygen atoms in total. The molecule has 0 bridgehead atoms. The number of ether oxygens (including phenoxy) is 3. The number of hydrogen-bond acceptors (Lipinski definition) is 6. The molecule has 0 aromatic heterocycles. The van der Waals surface area contributed by atoms with Crippen molar-refractivity contribution in [2.24, 2.45) is 0 Å². The Morgan fingerprint density at radius 3 is 0.767 bits per heavy atom. The van der Waals surface area contributed by atoms with E-state index < -0.39 is 6.10 Å². The topological polar surface area (TPSA) is 78.9 Å². The van der Waals surface area contributed by atoms with Crippen LogP contribution in [0.3, 0.4) is 0 Å². The minimum Gasteiger partial charge on any atom is -0.462 e. The lowest BCUT2D eigenvalue weighted by Crippen LogP contribution is -2.30. The Hall–Kier alpha value is -2.37. The summed E-state index contributed by atoms with van der Waals surface area (Å²) in [6, 6.07) is 0. The first-order valence-corrected chi connectivity index (χ1v) is 32.5. The van der Waals surface area contributed by atoms with Crippen LogP contribution in [0.2, 0.25) is 0 Å². The van der Waals surface area contributed by atoms with Gasteiger partial charge in [0.15, 0.2) is 6.10 Å². The highest BCUT2D eigenvalue weighted by molar-refractivity contribution is 5.71. The normalized spacial score (nSPS) is 12.2. The van der Waals surface area contributed by atoms with E-state index in [-0.39, 0.29) is 31.1 Å². The molecule has 0 aliphatic heterocycles. The largest absolute Gasteiger partial charge is 0.462 e. The zero-order valence-electron chi connectivity index (χ0n) is 49.2. The molecule has 0 N–H and O–H groups in total. The lowest BCUT2D eigenvalue weighted by Gasteiger charge is -2.18. The number of unbranched alkanes of at least 4 members (excludes halogenated alkanes) is 43. The first kappa shape index (κ1) is 70.6. The predicted molar refractivity (Wildman–Crippen MR) is 316 cm³/mol.